The maximum absolute atomic E-state index is 13.9. The molecule has 3 rings (SSSR count). The van der Waals surface area contributed by atoms with E-state index in [2.05, 4.69) is 5.32 Å². The van der Waals surface area contributed by atoms with Gasteiger partial charge in [0, 0.05) is 13.6 Å². The van der Waals surface area contributed by atoms with Gasteiger partial charge < -0.3 is 15.0 Å². The second kappa shape index (κ2) is 12.6. The SMILES string of the molecule is CCC(C(=O)NC)N(Cc1cccc(OC)c1)C(=O)CN(c1cccc(C)c1)S(=O)(=O)c1ccc(C)cc1. The number of carbonyl (C=O) groups is 2. The smallest absolute Gasteiger partial charge is 0.264 e. The van der Waals surface area contributed by atoms with Gasteiger partial charge in [-0.15, -0.1) is 0 Å². The third-order valence-corrected chi connectivity index (χ3v) is 8.08. The molecule has 0 saturated heterocycles. The molecular weight excluding hydrogens is 502 g/mol. The predicted molar refractivity (Wildman–Crippen MR) is 149 cm³/mol. The van der Waals surface area contributed by atoms with Gasteiger partial charge in [-0.25, -0.2) is 8.42 Å². The Morgan fingerprint density at radius 2 is 1.63 bits per heavy atom. The molecule has 0 fully saturated rings. The number of carbonyl (C=O) groups excluding carboxylic acids is 2. The largest absolute Gasteiger partial charge is 0.497 e. The zero-order valence-corrected chi connectivity index (χ0v) is 23.3. The zero-order chi connectivity index (χ0) is 27.9. The van der Waals surface area contributed by atoms with E-state index in [0.29, 0.717) is 17.9 Å². The van der Waals surface area contributed by atoms with Crippen LogP contribution in [-0.2, 0) is 26.2 Å². The molecule has 1 atom stereocenters. The fourth-order valence-corrected chi connectivity index (χ4v) is 5.61. The Kier molecular flexibility index (Phi) is 9.52. The number of aryl methyl sites for hydroxylation is 2. The predicted octanol–water partition coefficient (Wildman–Crippen LogP) is 4.06. The fraction of sp³-hybridized carbons (Fsp3) is 0.310. The lowest BCUT2D eigenvalue weighted by molar-refractivity contribution is -0.140. The van der Waals surface area contributed by atoms with Crippen molar-refractivity contribution in [3.05, 3.63) is 89.5 Å². The van der Waals surface area contributed by atoms with E-state index < -0.39 is 28.5 Å². The minimum Gasteiger partial charge on any atom is -0.497 e. The Balaban J connectivity index is 2.06. The van der Waals surface area contributed by atoms with E-state index in [1.165, 1.54) is 24.1 Å². The van der Waals surface area contributed by atoms with Crippen LogP contribution in [0.5, 0.6) is 5.75 Å². The lowest BCUT2D eigenvalue weighted by Crippen LogP contribution is -2.51. The molecule has 0 aliphatic carbocycles. The second-order valence-electron chi connectivity index (χ2n) is 9.08. The second-order valence-corrected chi connectivity index (χ2v) is 10.9. The molecule has 0 aromatic heterocycles. The Hall–Kier alpha value is -3.85. The molecule has 202 valence electrons. The number of sulfonamides is 1. The van der Waals surface area contributed by atoms with Gasteiger partial charge in [0.15, 0.2) is 0 Å². The van der Waals surface area contributed by atoms with E-state index in [9.17, 15) is 18.0 Å². The molecular formula is C29H35N3O5S. The number of hydrogen-bond acceptors (Lipinski definition) is 5. The lowest BCUT2D eigenvalue weighted by Gasteiger charge is -2.33. The summed E-state index contributed by atoms with van der Waals surface area (Å²) in [5.41, 5.74) is 2.89. The first kappa shape index (κ1) is 28.7. The molecule has 0 aliphatic rings. The molecule has 3 aromatic carbocycles. The van der Waals surface area contributed by atoms with Crippen molar-refractivity contribution >= 4 is 27.5 Å². The Bertz CT molecular complexity index is 1370. The van der Waals surface area contributed by atoms with Crippen molar-refractivity contribution in [3.8, 4) is 5.75 Å². The number of likely N-dealkylation sites (N-methyl/N-ethyl adjacent to an activating group) is 1. The Morgan fingerprint density at radius 1 is 0.947 bits per heavy atom. The van der Waals surface area contributed by atoms with Crippen molar-refractivity contribution in [1.29, 1.82) is 0 Å². The molecule has 2 amide bonds. The number of nitrogens with one attached hydrogen (secondary N) is 1. The lowest BCUT2D eigenvalue weighted by atomic mass is 10.1. The average molecular weight is 538 g/mol. The molecule has 0 heterocycles. The molecule has 0 saturated carbocycles. The maximum Gasteiger partial charge on any atom is 0.264 e. The number of anilines is 1. The highest BCUT2D eigenvalue weighted by molar-refractivity contribution is 7.92. The summed E-state index contributed by atoms with van der Waals surface area (Å²) in [7, 11) is -1.03. The van der Waals surface area contributed by atoms with Crippen molar-refractivity contribution in [2.75, 3.05) is 25.0 Å². The number of nitrogens with zero attached hydrogens (tertiary/aromatic N) is 2. The third kappa shape index (κ3) is 6.72. The summed E-state index contributed by atoms with van der Waals surface area (Å²) in [6.07, 6.45) is 0.352. The average Bonchev–Trinajstić information content (AvgIpc) is 2.91. The van der Waals surface area contributed by atoms with E-state index >= 15 is 0 Å². The standard InChI is InChI=1S/C29H35N3O5S/c1-6-27(29(34)30-4)31(19-23-10-8-12-25(18-23)37-5)28(33)20-32(24-11-7-9-22(3)17-24)38(35,36)26-15-13-21(2)14-16-26/h7-18,27H,6,19-20H2,1-5H3,(H,30,34). The number of benzene rings is 3. The van der Waals surface area contributed by atoms with Gasteiger partial charge in [0.25, 0.3) is 10.0 Å². The van der Waals surface area contributed by atoms with Crippen molar-refractivity contribution in [2.45, 2.75) is 44.7 Å². The van der Waals surface area contributed by atoms with E-state index in [1.807, 2.05) is 32.9 Å². The van der Waals surface area contributed by atoms with Crippen LogP contribution in [0.2, 0.25) is 0 Å². The highest BCUT2D eigenvalue weighted by Gasteiger charge is 2.33. The van der Waals surface area contributed by atoms with Gasteiger partial charge in [-0.2, -0.15) is 0 Å². The quantitative estimate of drug-likeness (QED) is 0.398. The van der Waals surface area contributed by atoms with Crippen LogP contribution in [0.15, 0.2) is 77.7 Å². The number of methoxy groups -OCH3 is 1. The van der Waals surface area contributed by atoms with Crippen molar-refractivity contribution in [1.82, 2.24) is 10.2 Å². The summed E-state index contributed by atoms with van der Waals surface area (Å²) >= 11 is 0. The van der Waals surface area contributed by atoms with Crippen LogP contribution >= 0.6 is 0 Å². The Labute approximate surface area is 225 Å². The van der Waals surface area contributed by atoms with Crippen molar-refractivity contribution in [3.63, 3.8) is 0 Å². The molecule has 3 aromatic rings. The minimum atomic E-state index is -4.09. The van der Waals surface area contributed by atoms with Gasteiger partial charge in [0.1, 0.15) is 18.3 Å². The first-order valence-electron chi connectivity index (χ1n) is 12.4. The summed E-state index contributed by atoms with van der Waals surface area (Å²) < 4.78 is 34.1. The van der Waals surface area contributed by atoms with Crippen LogP contribution in [0.4, 0.5) is 5.69 Å². The normalized spacial score (nSPS) is 11.9. The number of ether oxygens (including phenoxy) is 1. The topological polar surface area (TPSA) is 96.0 Å². The summed E-state index contributed by atoms with van der Waals surface area (Å²) in [4.78, 5) is 28.2. The summed E-state index contributed by atoms with van der Waals surface area (Å²) in [5.74, 6) is -0.209. The molecule has 0 spiro atoms. The number of hydrogen-bond donors (Lipinski definition) is 1. The summed E-state index contributed by atoms with van der Waals surface area (Å²) in [6.45, 7) is 5.17. The van der Waals surface area contributed by atoms with Gasteiger partial charge in [-0.3, -0.25) is 13.9 Å². The van der Waals surface area contributed by atoms with Crippen LogP contribution in [0.3, 0.4) is 0 Å². The first-order valence-corrected chi connectivity index (χ1v) is 13.8. The van der Waals surface area contributed by atoms with Crippen molar-refractivity contribution in [2.24, 2.45) is 0 Å². The van der Waals surface area contributed by atoms with Gasteiger partial charge in [0.2, 0.25) is 11.8 Å². The molecule has 9 heteroatoms. The maximum atomic E-state index is 13.9. The zero-order valence-electron chi connectivity index (χ0n) is 22.5. The fourth-order valence-electron chi connectivity index (χ4n) is 4.20. The van der Waals surface area contributed by atoms with E-state index in [4.69, 9.17) is 4.74 Å². The molecule has 0 radical (unpaired) electrons. The van der Waals surface area contributed by atoms with Crippen LogP contribution in [0, 0.1) is 13.8 Å². The summed E-state index contributed by atoms with van der Waals surface area (Å²) in [6, 6.07) is 19.9. The van der Waals surface area contributed by atoms with Gasteiger partial charge >= 0.3 is 0 Å². The van der Waals surface area contributed by atoms with Gasteiger partial charge in [0.05, 0.1) is 17.7 Å². The highest BCUT2D eigenvalue weighted by atomic mass is 32.2. The molecule has 0 bridgehead atoms. The molecule has 1 N–H and O–H groups in total. The van der Waals surface area contributed by atoms with Crippen LogP contribution < -0.4 is 14.4 Å². The van der Waals surface area contributed by atoms with E-state index in [0.717, 1.165) is 21.0 Å². The molecule has 38 heavy (non-hydrogen) atoms. The van der Waals surface area contributed by atoms with E-state index in [-0.39, 0.29) is 17.3 Å². The highest BCUT2D eigenvalue weighted by Crippen LogP contribution is 2.26. The molecule has 1 unspecified atom stereocenters. The minimum absolute atomic E-state index is 0.0788. The van der Waals surface area contributed by atoms with E-state index in [1.54, 1.807) is 55.6 Å². The first-order chi connectivity index (χ1) is 18.1. The molecule has 8 nitrogen and oxygen atoms in total. The van der Waals surface area contributed by atoms with Crippen LogP contribution in [-0.4, -0.2) is 51.9 Å². The number of amides is 2. The van der Waals surface area contributed by atoms with Gasteiger partial charge in [-0.1, -0.05) is 48.9 Å². The molecule has 0 aliphatic heterocycles. The Morgan fingerprint density at radius 3 is 2.24 bits per heavy atom. The number of rotatable bonds is 11. The monoisotopic (exact) mass is 537 g/mol. The third-order valence-electron chi connectivity index (χ3n) is 6.30. The van der Waals surface area contributed by atoms with Gasteiger partial charge in [-0.05, 0) is 67.8 Å². The van der Waals surface area contributed by atoms with Crippen LogP contribution in [0.25, 0.3) is 0 Å². The summed E-state index contributed by atoms with van der Waals surface area (Å²) in [5, 5.41) is 2.62. The van der Waals surface area contributed by atoms with Crippen molar-refractivity contribution < 1.29 is 22.7 Å². The van der Waals surface area contributed by atoms with Crippen LogP contribution in [0.1, 0.15) is 30.0 Å².